The van der Waals surface area contributed by atoms with Crippen molar-refractivity contribution in [3.63, 3.8) is 0 Å². The van der Waals surface area contributed by atoms with Crippen LogP contribution in [0.5, 0.6) is 0 Å². The van der Waals surface area contributed by atoms with E-state index in [1.807, 2.05) is 10.9 Å². The average Bonchev–Trinajstić information content (AvgIpc) is 2.31. The summed E-state index contributed by atoms with van der Waals surface area (Å²) in [5.41, 5.74) is 6.49. The third-order valence-electron chi connectivity index (χ3n) is 1.71. The number of nitrogens with two attached hydrogens (primary N) is 1. The van der Waals surface area contributed by atoms with Crippen LogP contribution < -0.4 is 11.1 Å². The van der Waals surface area contributed by atoms with E-state index in [2.05, 4.69) is 38.1 Å². The van der Waals surface area contributed by atoms with E-state index in [0.29, 0.717) is 17.8 Å². The Morgan fingerprint density at radius 2 is 2.00 bits per heavy atom. The number of hydrogen-bond acceptors (Lipinski definition) is 3. The summed E-state index contributed by atoms with van der Waals surface area (Å²) >= 11 is 0. The third kappa shape index (κ3) is 2.37. The molecule has 0 aromatic carbocycles. The highest BCUT2D eigenvalue weighted by atomic mass is 15.3. The van der Waals surface area contributed by atoms with Crippen molar-refractivity contribution in [3.8, 4) is 0 Å². The van der Waals surface area contributed by atoms with Crippen LogP contribution in [0.3, 0.4) is 0 Å². The first-order valence-electron chi connectivity index (χ1n) is 4.62. The molecule has 0 atom stereocenters. The van der Waals surface area contributed by atoms with Gasteiger partial charge in [-0.2, -0.15) is 5.10 Å². The molecule has 0 fully saturated rings. The van der Waals surface area contributed by atoms with E-state index in [0.717, 1.165) is 5.82 Å². The lowest BCUT2D eigenvalue weighted by atomic mass is 10.4. The molecular weight excluding hydrogens is 164 g/mol. The zero-order valence-corrected chi connectivity index (χ0v) is 8.70. The van der Waals surface area contributed by atoms with E-state index in [1.54, 1.807) is 0 Å². The van der Waals surface area contributed by atoms with Gasteiger partial charge in [-0.1, -0.05) is 0 Å². The Morgan fingerprint density at radius 3 is 2.38 bits per heavy atom. The largest absolute Gasteiger partial charge is 0.394 e. The monoisotopic (exact) mass is 182 g/mol. The lowest BCUT2D eigenvalue weighted by Crippen LogP contribution is -2.12. The van der Waals surface area contributed by atoms with Crippen molar-refractivity contribution >= 4 is 11.5 Å². The van der Waals surface area contributed by atoms with Crippen molar-refractivity contribution in [1.29, 1.82) is 0 Å². The van der Waals surface area contributed by atoms with Crippen molar-refractivity contribution in [1.82, 2.24) is 9.78 Å². The molecule has 0 saturated heterocycles. The number of nitrogens with one attached hydrogen (secondary N) is 1. The van der Waals surface area contributed by atoms with Gasteiger partial charge < -0.3 is 11.1 Å². The van der Waals surface area contributed by atoms with Gasteiger partial charge in [0.25, 0.3) is 0 Å². The molecule has 1 aromatic heterocycles. The zero-order chi connectivity index (χ0) is 10.0. The fraction of sp³-hybridized carbons (Fsp3) is 0.667. The molecule has 0 radical (unpaired) electrons. The van der Waals surface area contributed by atoms with Crippen LogP contribution in [0.25, 0.3) is 0 Å². The molecule has 1 heterocycles. The Morgan fingerprint density at radius 1 is 1.38 bits per heavy atom. The Labute approximate surface area is 79.1 Å². The summed E-state index contributed by atoms with van der Waals surface area (Å²) in [6.07, 6.45) is 1.86. The average molecular weight is 182 g/mol. The second kappa shape index (κ2) is 3.68. The topological polar surface area (TPSA) is 55.9 Å². The molecule has 0 aliphatic rings. The number of rotatable bonds is 3. The zero-order valence-electron chi connectivity index (χ0n) is 8.70. The van der Waals surface area contributed by atoms with Crippen LogP contribution in [0.4, 0.5) is 11.5 Å². The normalized spacial score (nSPS) is 11.2. The molecular formula is C9H18N4. The highest BCUT2D eigenvalue weighted by Gasteiger charge is 2.07. The predicted octanol–water partition coefficient (Wildman–Crippen LogP) is 1.87. The summed E-state index contributed by atoms with van der Waals surface area (Å²) in [6.45, 7) is 8.28. The van der Waals surface area contributed by atoms with Gasteiger partial charge in [-0.05, 0) is 27.7 Å². The summed E-state index contributed by atoms with van der Waals surface area (Å²) in [6, 6.07) is 0.711. The Kier molecular flexibility index (Phi) is 2.80. The van der Waals surface area contributed by atoms with Crippen LogP contribution in [0, 0.1) is 0 Å². The third-order valence-corrected chi connectivity index (χ3v) is 1.71. The SMILES string of the molecule is CC(C)Nc1nn(C(C)C)cc1N. The minimum atomic E-state index is 0.352. The molecule has 0 unspecified atom stereocenters. The maximum atomic E-state index is 5.78. The van der Waals surface area contributed by atoms with Crippen LogP contribution in [0.15, 0.2) is 6.20 Å². The second-order valence-electron chi connectivity index (χ2n) is 3.81. The summed E-state index contributed by atoms with van der Waals surface area (Å²) in [4.78, 5) is 0. The molecule has 4 heteroatoms. The van der Waals surface area contributed by atoms with E-state index < -0.39 is 0 Å². The van der Waals surface area contributed by atoms with Gasteiger partial charge in [-0.25, -0.2) is 0 Å². The maximum Gasteiger partial charge on any atom is 0.171 e. The molecule has 0 aliphatic heterocycles. The molecule has 1 rings (SSSR count). The maximum absolute atomic E-state index is 5.78. The van der Waals surface area contributed by atoms with Gasteiger partial charge in [0.1, 0.15) is 0 Å². The predicted molar refractivity (Wildman–Crippen MR) is 55.8 cm³/mol. The highest BCUT2D eigenvalue weighted by molar-refractivity contribution is 5.60. The molecule has 3 N–H and O–H groups in total. The van der Waals surface area contributed by atoms with E-state index in [9.17, 15) is 0 Å². The smallest absolute Gasteiger partial charge is 0.171 e. The van der Waals surface area contributed by atoms with Gasteiger partial charge >= 0.3 is 0 Å². The molecule has 0 amide bonds. The molecule has 0 saturated carbocycles. The Bertz CT molecular complexity index is 275. The molecule has 0 aliphatic carbocycles. The fourth-order valence-corrected chi connectivity index (χ4v) is 1.06. The van der Waals surface area contributed by atoms with Crippen LogP contribution in [0.1, 0.15) is 33.7 Å². The first kappa shape index (κ1) is 9.89. The lowest BCUT2D eigenvalue weighted by molar-refractivity contribution is 0.533. The molecule has 13 heavy (non-hydrogen) atoms. The molecule has 0 spiro atoms. The van der Waals surface area contributed by atoms with E-state index in [4.69, 9.17) is 5.73 Å². The number of hydrogen-bond donors (Lipinski definition) is 2. The van der Waals surface area contributed by atoms with Gasteiger partial charge in [-0.3, -0.25) is 4.68 Å². The van der Waals surface area contributed by atoms with Crippen molar-refractivity contribution < 1.29 is 0 Å². The van der Waals surface area contributed by atoms with Gasteiger partial charge in [0, 0.05) is 12.1 Å². The molecule has 0 bridgehead atoms. The van der Waals surface area contributed by atoms with Gasteiger partial charge in [0.15, 0.2) is 5.82 Å². The quantitative estimate of drug-likeness (QED) is 0.750. The van der Waals surface area contributed by atoms with Gasteiger partial charge in [0.2, 0.25) is 0 Å². The van der Waals surface area contributed by atoms with Crippen molar-refractivity contribution in [2.24, 2.45) is 0 Å². The van der Waals surface area contributed by atoms with E-state index >= 15 is 0 Å². The molecule has 74 valence electrons. The second-order valence-corrected chi connectivity index (χ2v) is 3.81. The first-order chi connectivity index (χ1) is 6.00. The Hall–Kier alpha value is -1.19. The highest BCUT2D eigenvalue weighted by Crippen LogP contribution is 2.18. The number of nitrogen functional groups attached to an aromatic ring is 1. The number of nitrogens with zero attached hydrogens (tertiary/aromatic N) is 2. The molecule has 4 nitrogen and oxygen atoms in total. The van der Waals surface area contributed by atoms with Gasteiger partial charge in [0.05, 0.1) is 11.9 Å². The van der Waals surface area contributed by atoms with Crippen LogP contribution in [0.2, 0.25) is 0 Å². The van der Waals surface area contributed by atoms with Crippen LogP contribution >= 0.6 is 0 Å². The number of anilines is 2. The first-order valence-corrected chi connectivity index (χ1v) is 4.62. The summed E-state index contributed by atoms with van der Waals surface area (Å²) in [5, 5.41) is 7.52. The summed E-state index contributed by atoms with van der Waals surface area (Å²) in [5.74, 6) is 0.781. The van der Waals surface area contributed by atoms with Crippen molar-refractivity contribution in [2.75, 3.05) is 11.1 Å². The fourth-order valence-electron chi connectivity index (χ4n) is 1.06. The number of aromatic nitrogens is 2. The summed E-state index contributed by atoms with van der Waals surface area (Å²) < 4.78 is 1.86. The van der Waals surface area contributed by atoms with Crippen molar-refractivity contribution in [2.45, 2.75) is 39.8 Å². The minimum absolute atomic E-state index is 0.352. The summed E-state index contributed by atoms with van der Waals surface area (Å²) in [7, 11) is 0. The van der Waals surface area contributed by atoms with Gasteiger partial charge in [-0.15, -0.1) is 0 Å². The molecule has 1 aromatic rings. The van der Waals surface area contributed by atoms with Crippen LogP contribution in [-0.2, 0) is 0 Å². The Balaban J connectivity index is 2.83. The standard InChI is InChI=1S/C9H18N4/c1-6(2)11-9-8(10)5-13(12-9)7(3)4/h5-7H,10H2,1-4H3,(H,11,12). The van der Waals surface area contributed by atoms with Crippen LogP contribution in [-0.4, -0.2) is 15.8 Å². The minimum Gasteiger partial charge on any atom is -0.394 e. The van der Waals surface area contributed by atoms with E-state index in [-0.39, 0.29) is 0 Å². The van der Waals surface area contributed by atoms with E-state index in [1.165, 1.54) is 0 Å². The lowest BCUT2D eigenvalue weighted by Gasteiger charge is -2.07. The van der Waals surface area contributed by atoms with Crippen molar-refractivity contribution in [3.05, 3.63) is 6.20 Å².